The van der Waals surface area contributed by atoms with Crippen molar-refractivity contribution in [1.29, 1.82) is 0 Å². The third-order valence-corrected chi connectivity index (χ3v) is 2.96. The molecule has 2 aromatic rings. The molecule has 0 atom stereocenters. The fourth-order valence-corrected chi connectivity index (χ4v) is 1.89. The van der Waals surface area contributed by atoms with E-state index in [1.165, 1.54) is 11.1 Å². The molecule has 0 spiro atoms. The molecule has 2 rings (SSSR count). The monoisotopic (exact) mass is 232 g/mol. The van der Waals surface area contributed by atoms with Gasteiger partial charge < -0.3 is 5.73 Å². The number of hydrogen-bond donors (Lipinski definition) is 1. The summed E-state index contributed by atoms with van der Waals surface area (Å²) in [5, 5.41) is 0.709. The van der Waals surface area contributed by atoms with Crippen LogP contribution in [0.25, 0.3) is 11.3 Å². The van der Waals surface area contributed by atoms with E-state index in [9.17, 15) is 0 Å². The molecule has 0 radical (unpaired) electrons. The van der Waals surface area contributed by atoms with Crippen molar-refractivity contribution in [2.24, 2.45) is 0 Å². The zero-order valence-corrected chi connectivity index (χ0v) is 10.0. The highest BCUT2D eigenvalue weighted by Gasteiger charge is 2.07. The molecule has 0 unspecified atom stereocenters. The molecule has 0 bridgehead atoms. The normalized spacial score (nSPS) is 10.4. The van der Waals surface area contributed by atoms with E-state index in [-0.39, 0.29) is 0 Å². The van der Waals surface area contributed by atoms with Gasteiger partial charge in [0.05, 0.1) is 10.7 Å². The average molecular weight is 233 g/mol. The first kappa shape index (κ1) is 11.0. The minimum Gasteiger partial charge on any atom is -0.399 e. The lowest BCUT2D eigenvalue weighted by Crippen LogP contribution is -1.91. The van der Waals surface area contributed by atoms with Crippen LogP contribution in [0.15, 0.2) is 30.5 Å². The second kappa shape index (κ2) is 4.14. The Labute approximate surface area is 100 Å². The Bertz CT molecular complexity index is 535. The Hall–Kier alpha value is -1.54. The number of aryl methyl sites for hydroxylation is 2. The van der Waals surface area contributed by atoms with Gasteiger partial charge in [-0.2, -0.15) is 0 Å². The van der Waals surface area contributed by atoms with Gasteiger partial charge >= 0.3 is 0 Å². The fraction of sp³-hybridized carbons (Fsp3) is 0.154. The highest BCUT2D eigenvalue weighted by atomic mass is 35.5. The quantitative estimate of drug-likeness (QED) is 0.816. The molecule has 0 aliphatic heterocycles. The number of nitrogens with zero attached hydrogens (tertiary/aromatic N) is 1. The van der Waals surface area contributed by atoms with Crippen LogP contribution in [0.3, 0.4) is 0 Å². The van der Waals surface area contributed by atoms with Crippen LogP contribution in [0, 0.1) is 13.8 Å². The second-order valence-corrected chi connectivity index (χ2v) is 4.30. The van der Waals surface area contributed by atoms with Crippen LogP contribution >= 0.6 is 11.6 Å². The Morgan fingerprint density at radius 1 is 1.12 bits per heavy atom. The molecule has 1 aromatic carbocycles. The van der Waals surface area contributed by atoms with E-state index >= 15 is 0 Å². The molecule has 2 nitrogen and oxygen atoms in total. The molecule has 0 saturated carbocycles. The van der Waals surface area contributed by atoms with Crippen molar-refractivity contribution < 1.29 is 0 Å². The summed E-state index contributed by atoms with van der Waals surface area (Å²) < 4.78 is 0. The van der Waals surface area contributed by atoms with Crippen molar-refractivity contribution in [2.75, 3.05) is 5.73 Å². The minimum atomic E-state index is 0.694. The summed E-state index contributed by atoms with van der Waals surface area (Å²) in [4.78, 5) is 4.28. The van der Waals surface area contributed by atoms with Crippen molar-refractivity contribution in [2.45, 2.75) is 13.8 Å². The van der Waals surface area contributed by atoms with Gasteiger partial charge in [0.1, 0.15) is 0 Å². The zero-order chi connectivity index (χ0) is 11.7. The molecule has 0 saturated heterocycles. The number of nitrogens with two attached hydrogens (primary N) is 1. The van der Waals surface area contributed by atoms with Crippen LogP contribution in [0.4, 0.5) is 5.69 Å². The van der Waals surface area contributed by atoms with E-state index in [1.807, 2.05) is 25.1 Å². The third kappa shape index (κ3) is 2.02. The fourth-order valence-electron chi connectivity index (χ4n) is 1.57. The molecule has 0 aliphatic carbocycles. The Balaban J connectivity index is 2.60. The molecule has 0 amide bonds. The molecule has 82 valence electrons. The van der Waals surface area contributed by atoms with Gasteiger partial charge in [-0.25, -0.2) is 0 Å². The maximum Gasteiger partial charge on any atom is 0.0737 e. The number of anilines is 1. The van der Waals surface area contributed by atoms with E-state index in [4.69, 9.17) is 17.3 Å². The Morgan fingerprint density at radius 2 is 1.81 bits per heavy atom. The smallest absolute Gasteiger partial charge is 0.0737 e. The van der Waals surface area contributed by atoms with Gasteiger partial charge in [0.2, 0.25) is 0 Å². The van der Waals surface area contributed by atoms with E-state index in [2.05, 4.69) is 11.9 Å². The predicted molar refractivity (Wildman–Crippen MR) is 68.6 cm³/mol. The van der Waals surface area contributed by atoms with Gasteiger partial charge in [-0.05, 0) is 49.2 Å². The molecule has 16 heavy (non-hydrogen) atoms. The summed E-state index contributed by atoms with van der Waals surface area (Å²) in [7, 11) is 0. The number of rotatable bonds is 1. The number of benzene rings is 1. The Kier molecular flexibility index (Phi) is 2.84. The van der Waals surface area contributed by atoms with E-state index < -0.39 is 0 Å². The molecular weight excluding hydrogens is 220 g/mol. The molecule has 2 N–H and O–H groups in total. The molecule has 0 fully saturated rings. The second-order valence-electron chi connectivity index (χ2n) is 3.89. The van der Waals surface area contributed by atoms with Crippen LogP contribution in [0.2, 0.25) is 5.02 Å². The van der Waals surface area contributed by atoms with E-state index in [1.54, 1.807) is 12.3 Å². The largest absolute Gasteiger partial charge is 0.399 e. The summed E-state index contributed by atoms with van der Waals surface area (Å²) in [5.41, 5.74) is 10.5. The highest BCUT2D eigenvalue weighted by Crippen LogP contribution is 2.29. The predicted octanol–water partition coefficient (Wildman–Crippen LogP) is 3.60. The topological polar surface area (TPSA) is 38.9 Å². The van der Waals surface area contributed by atoms with Crippen molar-refractivity contribution in [3.63, 3.8) is 0 Å². The average Bonchev–Trinajstić information content (AvgIpc) is 2.23. The summed E-state index contributed by atoms with van der Waals surface area (Å²) >= 11 is 6.21. The first-order chi connectivity index (χ1) is 7.58. The molecule has 0 aliphatic rings. The first-order valence-corrected chi connectivity index (χ1v) is 5.44. The van der Waals surface area contributed by atoms with Crippen molar-refractivity contribution in [3.05, 3.63) is 46.6 Å². The van der Waals surface area contributed by atoms with Crippen LogP contribution in [0.1, 0.15) is 11.1 Å². The van der Waals surface area contributed by atoms with Gasteiger partial charge in [-0.1, -0.05) is 11.6 Å². The number of halogens is 1. The number of pyridine rings is 1. The van der Waals surface area contributed by atoms with Crippen molar-refractivity contribution >= 4 is 17.3 Å². The van der Waals surface area contributed by atoms with Gasteiger partial charge in [0, 0.05) is 17.4 Å². The maximum absolute atomic E-state index is 6.21. The summed E-state index contributed by atoms with van der Waals surface area (Å²) in [6, 6.07) is 7.59. The lowest BCUT2D eigenvalue weighted by Gasteiger charge is -2.08. The number of nitrogen functional groups attached to an aromatic ring is 1. The minimum absolute atomic E-state index is 0.694. The molecule has 1 aromatic heterocycles. The third-order valence-electron chi connectivity index (χ3n) is 2.64. The molecule has 3 heteroatoms. The summed E-state index contributed by atoms with van der Waals surface area (Å²) in [6.07, 6.45) is 1.69. The lowest BCUT2D eigenvalue weighted by atomic mass is 10.0. The number of hydrogen-bond acceptors (Lipinski definition) is 2. The molecular formula is C13H13ClN2. The first-order valence-electron chi connectivity index (χ1n) is 5.06. The van der Waals surface area contributed by atoms with Crippen molar-refractivity contribution in [1.82, 2.24) is 4.98 Å². The van der Waals surface area contributed by atoms with Gasteiger partial charge in [-0.3, -0.25) is 4.98 Å². The van der Waals surface area contributed by atoms with Gasteiger partial charge in [0.15, 0.2) is 0 Å². The highest BCUT2D eigenvalue weighted by molar-refractivity contribution is 6.33. The lowest BCUT2D eigenvalue weighted by molar-refractivity contribution is 1.30. The van der Waals surface area contributed by atoms with E-state index in [0.717, 1.165) is 11.3 Å². The van der Waals surface area contributed by atoms with Gasteiger partial charge in [-0.15, -0.1) is 0 Å². The van der Waals surface area contributed by atoms with Gasteiger partial charge in [0.25, 0.3) is 0 Å². The molecule has 1 heterocycles. The van der Waals surface area contributed by atoms with Crippen LogP contribution in [-0.4, -0.2) is 4.98 Å². The zero-order valence-electron chi connectivity index (χ0n) is 9.29. The van der Waals surface area contributed by atoms with Crippen LogP contribution in [0.5, 0.6) is 0 Å². The maximum atomic E-state index is 6.21. The standard InChI is InChI=1S/C13H13ClN2/c1-8-5-11(12(14)6-9(8)2)13-7-10(15)3-4-16-13/h3-7H,1-2H3,(H2,15,16). The summed E-state index contributed by atoms with van der Waals surface area (Å²) in [5.74, 6) is 0. The summed E-state index contributed by atoms with van der Waals surface area (Å²) in [6.45, 7) is 4.10. The van der Waals surface area contributed by atoms with Crippen LogP contribution in [-0.2, 0) is 0 Å². The Morgan fingerprint density at radius 3 is 2.50 bits per heavy atom. The van der Waals surface area contributed by atoms with E-state index in [0.29, 0.717) is 10.7 Å². The van der Waals surface area contributed by atoms with Crippen LogP contribution < -0.4 is 5.73 Å². The number of aromatic nitrogens is 1. The SMILES string of the molecule is Cc1cc(Cl)c(-c2cc(N)ccn2)cc1C. The van der Waals surface area contributed by atoms with Crippen molar-refractivity contribution in [3.8, 4) is 11.3 Å².